The third-order valence-electron chi connectivity index (χ3n) is 3.32. The van der Waals surface area contributed by atoms with Gasteiger partial charge >= 0.3 is 12.0 Å². The Balaban J connectivity index is 2.55. The van der Waals surface area contributed by atoms with Gasteiger partial charge in [0.25, 0.3) is 5.91 Å². The fourth-order valence-electron chi connectivity index (χ4n) is 2.51. The number of nitrogens with zero attached hydrogens (tertiary/aromatic N) is 2. The smallest absolute Gasteiger partial charge is 0.336 e. The molecule has 0 unspecified atom stereocenters. The summed E-state index contributed by atoms with van der Waals surface area (Å²) in [7, 11) is 0. The lowest BCUT2D eigenvalue weighted by Crippen LogP contribution is -2.36. The molecule has 1 aromatic heterocycles. The molecule has 0 aromatic carbocycles. The van der Waals surface area contributed by atoms with Gasteiger partial charge in [-0.15, -0.1) is 0 Å². The summed E-state index contributed by atoms with van der Waals surface area (Å²) >= 11 is 0. The van der Waals surface area contributed by atoms with Crippen molar-refractivity contribution >= 4 is 17.9 Å². The monoisotopic (exact) mass is 250 g/mol. The van der Waals surface area contributed by atoms with Gasteiger partial charge in [0.05, 0.1) is 0 Å². The summed E-state index contributed by atoms with van der Waals surface area (Å²) in [6.07, 6.45) is 0.733. The van der Waals surface area contributed by atoms with Gasteiger partial charge in [-0.1, -0.05) is 6.92 Å². The number of carbonyl (C=O) groups excluding carboxylic acids is 2. The van der Waals surface area contributed by atoms with Gasteiger partial charge in [0, 0.05) is 5.69 Å². The highest BCUT2D eigenvalue weighted by atomic mass is 16.4. The molecule has 6 heteroatoms. The molecular weight excluding hydrogens is 236 g/mol. The highest BCUT2D eigenvalue weighted by molar-refractivity contribution is 6.14. The third-order valence-corrected chi connectivity index (χ3v) is 3.32. The fraction of sp³-hybridized carbons (Fsp3) is 0.417. The van der Waals surface area contributed by atoms with Crippen molar-refractivity contribution in [1.29, 1.82) is 0 Å². The second kappa shape index (κ2) is 3.97. The Morgan fingerprint density at radius 1 is 1.28 bits per heavy atom. The fourth-order valence-corrected chi connectivity index (χ4v) is 2.51. The van der Waals surface area contributed by atoms with Crippen LogP contribution in [-0.4, -0.2) is 39.0 Å². The zero-order chi connectivity index (χ0) is 13.6. The van der Waals surface area contributed by atoms with Crippen molar-refractivity contribution in [2.75, 3.05) is 6.54 Å². The molecule has 0 bridgehead atoms. The summed E-state index contributed by atoms with van der Waals surface area (Å²) in [4.78, 5) is 35.5. The minimum atomic E-state index is -1.20. The normalized spacial score (nSPS) is 14.3. The molecular formula is C12H14N2O4. The number of carbonyl (C=O) groups is 3. The van der Waals surface area contributed by atoms with Gasteiger partial charge in [0.2, 0.25) is 0 Å². The molecule has 1 aromatic rings. The number of aromatic nitrogens is 1. The van der Waals surface area contributed by atoms with E-state index in [0.717, 1.165) is 28.1 Å². The lowest BCUT2D eigenvalue weighted by atomic mass is 10.1. The van der Waals surface area contributed by atoms with Crippen LogP contribution in [0, 0.1) is 13.8 Å². The number of carboxylic acids is 1. The van der Waals surface area contributed by atoms with Crippen molar-refractivity contribution in [2.45, 2.75) is 27.2 Å². The first-order valence-corrected chi connectivity index (χ1v) is 5.68. The summed E-state index contributed by atoms with van der Waals surface area (Å²) in [5.74, 6) is -1.73. The van der Waals surface area contributed by atoms with Crippen molar-refractivity contribution in [3.8, 4) is 0 Å². The molecule has 0 fully saturated rings. The molecule has 0 spiro atoms. The lowest BCUT2D eigenvalue weighted by Gasteiger charge is -2.11. The number of hydrogen-bond donors (Lipinski definition) is 1. The van der Waals surface area contributed by atoms with Crippen molar-refractivity contribution in [2.24, 2.45) is 0 Å². The Morgan fingerprint density at radius 3 is 2.33 bits per heavy atom. The van der Waals surface area contributed by atoms with Crippen LogP contribution >= 0.6 is 0 Å². The number of amides is 2. The topological polar surface area (TPSA) is 79.6 Å². The summed E-state index contributed by atoms with van der Waals surface area (Å²) in [5.41, 5.74) is 2.76. The number of carboxylic acid groups (broad SMARTS) is 1. The van der Waals surface area contributed by atoms with E-state index in [1.165, 1.54) is 4.57 Å². The number of aliphatic carboxylic acids is 1. The van der Waals surface area contributed by atoms with E-state index in [0.29, 0.717) is 5.69 Å². The standard InChI is InChI=1S/C12H14N2O4/c1-4-8-6(2)10-11(17)13(5-9(15)16)12(18)14(10)7(8)3/h4-5H2,1-3H3,(H,15,16). The van der Waals surface area contributed by atoms with Gasteiger partial charge in [0.1, 0.15) is 12.2 Å². The van der Waals surface area contributed by atoms with Crippen LogP contribution in [0.15, 0.2) is 0 Å². The van der Waals surface area contributed by atoms with E-state index in [4.69, 9.17) is 5.11 Å². The first kappa shape index (κ1) is 12.3. The van der Waals surface area contributed by atoms with E-state index in [1.54, 1.807) is 13.8 Å². The van der Waals surface area contributed by atoms with Crippen LogP contribution in [0.4, 0.5) is 4.79 Å². The highest BCUT2D eigenvalue weighted by Crippen LogP contribution is 2.28. The van der Waals surface area contributed by atoms with E-state index in [1.807, 2.05) is 6.92 Å². The minimum Gasteiger partial charge on any atom is -0.480 e. The summed E-state index contributed by atoms with van der Waals surface area (Å²) in [5, 5.41) is 8.71. The number of imide groups is 1. The Bertz CT molecular complexity index is 532. The average molecular weight is 250 g/mol. The van der Waals surface area contributed by atoms with Gasteiger partial charge in [-0.3, -0.25) is 14.2 Å². The second-order valence-electron chi connectivity index (χ2n) is 4.29. The first-order chi connectivity index (χ1) is 8.40. The van der Waals surface area contributed by atoms with Gasteiger partial charge in [0.15, 0.2) is 0 Å². The summed E-state index contributed by atoms with van der Waals surface area (Å²) < 4.78 is 1.32. The average Bonchev–Trinajstić information content (AvgIpc) is 2.68. The molecule has 0 atom stereocenters. The van der Waals surface area contributed by atoms with Crippen molar-refractivity contribution < 1.29 is 19.5 Å². The van der Waals surface area contributed by atoms with Crippen LogP contribution in [0.25, 0.3) is 0 Å². The third kappa shape index (κ3) is 1.45. The molecule has 96 valence electrons. The van der Waals surface area contributed by atoms with E-state index in [9.17, 15) is 14.4 Å². The maximum Gasteiger partial charge on any atom is 0.336 e. The van der Waals surface area contributed by atoms with Gasteiger partial charge in [-0.25, -0.2) is 9.69 Å². The van der Waals surface area contributed by atoms with Crippen LogP contribution in [0.2, 0.25) is 0 Å². The summed E-state index contributed by atoms with van der Waals surface area (Å²) in [6.45, 7) is 4.91. The quantitative estimate of drug-likeness (QED) is 0.873. The maximum absolute atomic E-state index is 12.1. The van der Waals surface area contributed by atoms with Crippen molar-refractivity contribution in [1.82, 2.24) is 9.47 Å². The Kier molecular flexibility index (Phi) is 2.73. The molecule has 1 aliphatic heterocycles. The van der Waals surface area contributed by atoms with E-state index < -0.39 is 24.5 Å². The Hall–Kier alpha value is -2.11. The Labute approximate surface area is 104 Å². The minimum absolute atomic E-state index is 0.301. The largest absolute Gasteiger partial charge is 0.480 e. The zero-order valence-electron chi connectivity index (χ0n) is 10.5. The molecule has 1 N–H and O–H groups in total. The zero-order valence-corrected chi connectivity index (χ0v) is 10.5. The number of hydrogen-bond acceptors (Lipinski definition) is 3. The summed E-state index contributed by atoms with van der Waals surface area (Å²) in [6, 6.07) is -0.572. The van der Waals surface area contributed by atoms with Crippen molar-refractivity contribution in [3.63, 3.8) is 0 Å². The SMILES string of the molecule is CCc1c(C)c2n(c1C)C(=O)N(CC(=O)O)C2=O. The lowest BCUT2D eigenvalue weighted by molar-refractivity contribution is -0.137. The molecule has 0 aliphatic carbocycles. The Morgan fingerprint density at radius 2 is 1.89 bits per heavy atom. The molecule has 18 heavy (non-hydrogen) atoms. The molecule has 0 radical (unpaired) electrons. The van der Waals surface area contributed by atoms with Gasteiger partial charge in [-0.2, -0.15) is 0 Å². The predicted octanol–water partition coefficient (Wildman–Crippen LogP) is 1.18. The van der Waals surface area contributed by atoms with E-state index in [-0.39, 0.29) is 0 Å². The van der Waals surface area contributed by atoms with Crippen molar-refractivity contribution in [3.05, 3.63) is 22.5 Å². The molecule has 2 heterocycles. The first-order valence-electron chi connectivity index (χ1n) is 5.68. The maximum atomic E-state index is 12.1. The van der Waals surface area contributed by atoms with E-state index in [2.05, 4.69) is 0 Å². The van der Waals surface area contributed by atoms with Crippen LogP contribution < -0.4 is 0 Å². The van der Waals surface area contributed by atoms with Crippen LogP contribution in [0.1, 0.15) is 34.2 Å². The molecule has 2 rings (SSSR count). The van der Waals surface area contributed by atoms with Gasteiger partial charge in [-0.05, 0) is 31.4 Å². The number of fused-ring (bicyclic) bond motifs is 1. The molecule has 0 saturated carbocycles. The van der Waals surface area contributed by atoms with Crippen LogP contribution in [0.3, 0.4) is 0 Å². The second-order valence-corrected chi connectivity index (χ2v) is 4.29. The van der Waals surface area contributed by atoms with Gasteiger partial charge < -0.3 is 5.11 Å². The number of rotatable bonds is 3. The van der Waals surface area contributed by atoms with E-state index >= 15 is 0 Å². The highest BCUT2D eigenvalue weighted by Gasteiger charge is 2.40. The van der Waals surface area contributed by atoms with Crippen LogP contribution in [0.5, 0.6) is 0 Å². The molecule has 1 aliphatic rings. The molecule has 6 nitrogen and oxygen atoms in total. The predicted molar refractivity (Wildman–Crippen MR) is 62.8 cm³/mol. The molecule has 2 amide bonds. The van der Waals surface area contributed by atoms with Crippen LogP contribution in [-0.2, 0) is 11.2 Å². The molecule has 0 saturated heterocycles.